The molecule has 0 amide bonds. The fourth-order valence-corrected chi connectivity index (χ4v) is 1.91. The maximum absolute atomic E-state index is 11.6. The normalized spacial score (nSPS) is 18.7. The summed E-state index contributed by atoms with van der Waals surface area (Å²) in [7, 11) is 1.00. The number of nitrogens with zero attached hydrogens (tertiary/aromatic N) is 1. The van der Waals surface area contributed by atoms with Gasteiger partial charge in [0, 0.05) is 19.4 Å². The summed E-state index contributed by atoms with van der Waals surface area (Å²) in [6.07, 6.45) is 3.19. The molecule has 1 aliphatic rings. The molecule has 9 nitrogen and oxygen atoms in total. The van der Waals surface area contributed by atoms with Crippen LogP contribution in [0.15, 0.2) is 21.9 Å². The number of nitrogens with one attached hydrogen (secondary N) is 1. The highest BCUT2D eigenvalue weighted by Gasteiger charge is 2.28. The summed E-state index contributed by atoms with van der Waals surface area (Å²) >= 11 is 0. The molecule has 24 heavy (non-hydrogen) atoms. The average molecular weight is 345 g/mol. The summed E-state index contributed by atoms with van der Waals surface area (Å²) in [4.78, 5) is 35.6. The van der Waals surface area contributed by atoms with Gasteiger partial charge in [-0.2, -0.15) is 0 Å². The van der Waals surface area contributed by atoms with E-state index in [9.17, 15) is 14.4 Å². The van der Waals surface area contributed by atoms with E-state index in [0.29, 0.717) is 12.8 Å². The number of carbonyl (C=O) groups is 1. The van der Waals surface area contributed by atoms with Crippen LogP contribution in [0.2, 0.25) is 0 Å². The van der Waals surface area contributed by atoms with Crippen molar-refractivity contribution in [3.8, 4) is 0 Å². The minimum atomic E-state index is -0.517. The molecule has 4 N–H and O–H groups in total. The van der Waals surface area contributed by atoms with Crippen LogP contribution in [0.1, 0.15) is 39.3 Å². The molecule has 9 heteroatoms. The van der Waals surface area contributed by atoms with Gasteiger partial charge in [0.15, 0.2) is 0 Å². The van der Waals surface area contributed by atoms with Gasteiger partial charge in [0.05, 0.1) is 12.6 Å². The van der Waals surface area contributed by atoms with Crippen molar-refractivity contribution < 1.29 is 19.4 Å². The fraction of sp³-hybridized carbons (Fsp3) is 0.667. The van der Waals surface area contributed by atoms with E-state index in [1.165, 1.54) is 23.3 Å². The number of hydrogen-bond acceptors (Lipinski definition) is 7. The zero-order valence-electron chi connectivity index (χ0n) is 14.4. The number of nitrogens with two attached hydrogens (primary N) is 1. The average Bonchev–Trinajstić information content (AvgIpc) is 3.04. The molecular formula is C15H27N3O6. The largest absolute Gasteiger partial charge is 0.462 e. The third-order valence-corrected chi connectivity index (χ3v) is 2.84. The van der Waals surface area contributed by atoms with Crippen molar-refractivity contribution >= 4 is 5.97 Å². The molecule has 0 saturated carbocycles. The van der Waals surface area contributed by atoms with Gasteiger partial charge in [-0.15, -0.1) is 0 Å². The van der Waals surface area contributed by atoms with Crippen molar-refractivity contribution in [2.45, 2.75) is 45.4 Å². The van der Waals surface area contributed by atoms with E-state index in [4.69, 9.17) is 20.3 Å². The minimum absolute atomic E-state index is 0.116. The molecule has 1 aromatic rings. The number of aromatic amines is 1. The van der Waals surface area contributed by atoms with Crippen LogP contribution in [0, 0.1) is 0 Å². The van der Waals surface area contributed by atoms with E-state index in [0.717, 1.165) is 7.11 Å². The molecule has 0 aliphatic carbocycles. The highest BCUT2D eigenvalue weighted by Crippen LogP contribution is 2.26. The Hall–Kier alpha value is -1.97. The first kappa shape index (κ1) is 22.0. The number of aliphatic hydroxyl groups excluding tert-OH is 1. The lowest BCUT2D eigenvalue weighted by atomic mass is 10.2. The maximum atomic E-state index is 11.6. The molecule has 2 heterocycles. The second-order valence-electron chi connectivity index (χ2n) is 4.90. The minimum Gasteiger partial charge on any atom is -0.462 e. The van der Waals surface area contributed by atoms with Crippen LogP contribution < -0.4 is 17.0 Å². The van der Waals surface area contributed by atoms with Crippen LogP contribution >= 0.6 is 0 Å². The van der Waals surface area contributed by atoms with Crippen LogP contribution in [0.3, 0.4) is 0 Å². The smallest absolute Gasteiger partial charge is 0.330 e. The topological polar surface area (TPSA) is 137 Å². The van der Waals surface area contributed by atoms with Gasteiger partial charge in [0.25, 0.3) is 5.56 Å². The van der Waals surface area contributed by atoms with Gasteiger partial charge in [-0.05, 0) is 12.8 Å². The molecule has 1 saturated heterocycles. The molecule has 138 valence electrons. The van der Waals surface area contributed by atoms with Crippen LogP contribution in [0.4, 0.5) is 0 Å². The van der Waals surface area contributed by atoms with Gasteiger partial charge >= 0.3 is 11.7 Å². The van der Waals surface area contributed by atoms with E-state index in [-0.39, 0.29) is 19.3 Å². The molecule has 0 bridgehead atoms. The number of aromatic nitrogens is 2. The number of carbonyl (C=O) groups excluding carboxylic acids is 1. The van der Waals surface area contributed by atoms with Gasteiger partial charge in [0.2, 0.25) is 0 Å². The third-order valence-electron chi connectivity index (χ3n) is 2.84. The van der Waals surface area contributed by atoms with E-state index >= 15 is 0 Å². The summed E-state index contributed by atoms with van der Waals surface area (Å²) in [5.41, 5.74) is 4.15. The van der Waals surface area contributed by atoms with Crippen LogP contribution in [0.25, 0.3) is 0 Å². The zero-order chi connectivity index (χ0) is 18.5. The Labute approximate surface area is 140 Å². The first-order chi connectivity index (χ1) is 11.5. The molecule has 1 aromatic heterocycles. The molecule has 0 radical (unpaired) electrons. The van der Waals surface area contributed by atoms with Gasteiger partial charge in [-0.25, -0.2) is 4.79 Å². The van der Waals surface area contributed by atoms with Crippen molar-refractivity contribution in [2.24, 2.45) is 5.73 Å². The van der Waals surface area contributed by atoms with E-state index in [2.05, 4.69) is 18.8 Å². The summed E-state index contributed by atoms with van der Waals surface area (Å²) in [6.45, 7) is 4.19. The molecule has 0 aromatic carbocycles. The molecule has 2 rings (SSSR count). The van der Waals surface area contributed by atoms with E-state index in [1.807, 2.05) is 0 Å². The quantitative estimate of drug-likeness (QED) is 0.639. The molecule has 1 fully saturated rings. The highest BCUT2D eigenvalue weighted by atomic mass is 16.6. The first-order valence-corrected chi connectivity index (χ1v) is 7.79. The monoisotopic (exact) mass is 345 g/mol. The number of esters is 1. The van der Waals surface area contributed by atoms with E-state index in [1.54, 1.807) is 0 Å². The summed E-state index contributed by atoms with van der Waals surface area (Å²) in [6, 6.07) is 1.26. The number of ether oxygens (including phenoxy) is 2. The van der Waals surface area contributed by atoms with Gasteiger partial charge < -0.3 is 20.3 Å². The molecule has 0 spiro atoms. The third kappa shape index (κ3) is 7.53. The van der Waals surface area contributed by atoms with Crippen molar-refractivity contribution in [3.63, 3.8) is 0 Å². The number of rotatable bonds is 4. The van der Waals surface area contributed by atoms with Crippen molar-refractivity contribution in [3.05, 3.63) is 33.1 Å². The van der Waals surface area contributed by atoms with Crippen LogP contribution in [-0.2, 0) is 14.3 Å². The van der Waals surface area contributed by atoms with Crippen molar-refractivity contribution in [1.29, 1.82) is 0 Å². The van der Waals surface area contributed by atoms with Crippen LogP contribution in [0.5, 0.6) is 0 Å². The second kappa shape index (κ2) is 12.5. The molecular weight excluding hydrogens is 318 g/mol. The predicted molar refractivity (Wildman–Crippen MR) is 88.6 cm³/mol. The fourth-order valence-electron chi connectivity index (χ4n) is 1.91. The number of aliphatic hydroxyl groups is 1. The molecule has 2 atom stereocenters. The van der Waals surface area contributed by atoms with E-state index < -0.39 is 23.4 Å². The summed E-state index contributed by atoms with van der Waals surface area (Å²) in [5, 5.41) is 7.00. The maximum Gasteiger partial charge on any atom is 0.330 e. The summed E-state index contributed by atoms with van der Waals surface area (Å²) in [5.74, 6) is -0.492. The van der Waals surface area contributed by atoms with Crippen molar-refractivity contribution in [2.75, 3.05) is 20.3 Å². The summed E-state index contributed by atoms with van der Waals surface area (Å²) < 4.78 is 11.8. The van der Waals surface area contributed by atoms with Crippen LogP contribution in [-0.4, -0.2) is 47.0 Å². The first-order valence-electron chi connectivity index (χ1n) is 7.79. The van der Waals surface area contributed by atoms with Gasteiger partial charge in [-0.3, -0.25) is 19.1 Å². The lowest BCUT2D eigenvalue weighted by Gasteiger charge is -2.15. The highest BCUT2D eigenvalue weighted by molar-refractivity contribution is 5.71. The van der Waals surface area contributed by atoms with Gasteiger partial charge in [0.1, 0.15) is 12.8 Å². The Morgan fingerprint density at radius 1 is 1.42 bits per heavy atom. The predicted octanol–water partition coefficient (Wildman–Crippen LogP) is -0.259. The second-order valence-corrected chi connectivity index (χ2v) is 4.90. The lowest BCUT2D eigenvalue weighted by molar-refractivity contribution is -0.146. The lowest BCUT2D eigenvalue weighted by Crippen LogP contribution is -2.32. The SMILES string of the molecule is CCC.CO.NCC(=O)OCC1CCC(n2ccc(=O)[nH]c2=O)O1. The number of hydrogen-bond donors (Lipinski definition) is 3. The number of H-pyrrole nitrogens is 1. The molecule has 2 unspecified atom stereocenters. The van der Waals surface area contributed by atoms with Gasteiger partial charge in [-0.1, -0.05) is 20.3 Å². The Morgan fingerprint density at radius 3 is 2.58 bits per heavy atom. The Balaban J connectivity index is 0.000000952. The Bertz CT molecular complexity index is 583. The standard InChI is InChI=1S/C11H15N3O5.C3H8.CH4O/c12-5-10(16)18-6-7-1-2-9(19-7)14-4-3-8(15)13-11(14)17;1-3-2;1-2/h3-4,7,9H,1-2,5-6,12H2,(H,13,15,17);3H2,1-2H3;2H,1H3. The zero-order valence-corrected chi connectivity index (χ0v) is 14.4. The Kier molecular flexibility index (Phi) is 11.4. The Morgan fingerprint density at radius 2 is 2.04 bits per heavy atom. The van der Waals surface area contributed by atoms with Crippen molar-refractivity contribution in [1.82, 2.24) is 9.55 Å². The molecule has 1 aliphatic heterocycles.